The maximum atomic E-state index is 8.74. The molecule has 5 nitrogen and oxygen atoms in total. The molecule has 0 saturated heterocycles. The molecule has 0 spiro atoms. The number of halogens is 1. The van der Waals surface area contributed by atoms with Crippen LogP contribution in [0.2, 0.25) is 0 Å². The van der Waals surface area contributed by atoms with Gasteiger partial charge < -0.3 is 5.32 Å². The predicted octanol–water partition coefficient (Wildman–Crippen LogP) is 2.09. The Morgan fingerprint density at radius 1 is 1.47 bits per heavy atom. The van der Waals surface area contributed by atoms with Crippen molar-refractivity contribution >= 4 is 21.6 Å². The summed E-state index contributed by atoms with van der Waals surface area (Å²) in [5.41, 5.74) is 1.60. The Morgan fingerprint density at radius 2 is 2.35 bits per heavy atom. The molecule has 2 aromatic rings. The first-order valence-corrected chi connectivity index (χ1v) is 5.86. The van der Waals surface area contributed by atoms with Gasteiger partial charge in [0.2, 0.25) is 0 Å². The fourth-order valence-electron chi connectivity index (χ4n) is 1.39. The van der Waals surface area contributed by atoms with E-state index in [1.807, 2.05) is 6.07 Å². The van der Waals surface area contributed by atoms with Crippen LogP contribution in [0.25, 0.3) is 0 Å². The first-order valence-electron chi connectivity index (χ1n) is 5.07. The van der Waals surface area contributed by atoms with Crippen LogP contribution in [-0.4, -0.2) is 21.7 Å². The average molecular weight is 292 g/mol. The molecule has 0 amide bonds. The number of nitrogens with zero attached hydrogens (tertiary/aromatic N) is 3. The molecule has 1 heterocycles. The summed E-state index contributed by atoms with van der Waals surface area (Å²) in [7, 11) is 0. The summed E-state index contributed by atoms with van der Waals surface area (Å²) in [5, 5.41) is 18.6. The average Bonchev–Trinajstić information content (AvgIpc) is 2.84. The normalized spacial score (nSPS) is 9.88. The molecule has 1 aromatic carbocycles. The molecule has 1 aromatic heterocycles. The summed E-state index contributed by atoms with van der Waals surface area (Å²) in [4.78, 5) is 4.04. The lowest BCUT2D eigenvalue weighted by Gasteiger charge is -2.07. The van der Waals surface area contributed by atoms with Gasteiger partial charge in [-0.1, -0.05) is 0 Å². The highest BCUT2D eigenvalue weighted by Gasteiger charge is 2.01. The molecule has 17 heavy (non-hydrogen) atoms. The van der Waals surface area contributed by atoms with Crippen LogP contribution in [0.3, 0.4) is 0 Å². The van der Waals surface area contributed by atoms with Crippen molar-refractivity contribution < 1.29 is 0 Å². The second-order valence-electron chi connectivity index (χ2n) is 3.42. The van der Waals surface area contributed by atoms with Gasteiger partial charge in [0.05, 0.1) is 11.6 Å². The number of hydrogen-bond acceptors (Lipinski definition) is 4. The van der Waals surface area contributed by atoms with Crippen LogP contribution < -0.4 is 5.32 Å². The SMILES string of the molecule is N#Cc1ccc(NCCc2ncn[nH]2)c(Br)c1. The molecule has 86 valence electrons. The van der Waals surface area contributed by atoms with Gasteiger partial charge in [0.1, 0.15) is 12.2 Å². The van der Waals surface area contributed by atoms with Crippen molar-refractivity contribution in [1.82, 2.24) is 15.2 Å². The molecule has 0 aliphatic rings. The van der Waals surface area contributed by atoms with Crippen LogP contribution in [0, 0.1) is 11.3 Å². The zero-order chi connectivity index (χ0) is 12.1. The number of hydrogen-bond donors (Lipinski definition) is 2. The van der Waals surface area contributed by atoms with Gasteiger partial charge in [-0.25, -0.2) is 4.98 Å². The van der Waals surface area contributed by atoms with Gasteiger partial charge >= 0.3 is 0 Å². The lowest BCUT2D eigenvalue weighted by Crippen LogP contribution is -2.06. The van der Waals surface area contributed by atoms with E-state index in [0.29, 0.717) is 5.56 Å². The number of nitrogens with one attached hydrogen (secondary N) is 2. The lowest BCUT2D eigenvalue weighted by molar-refractivity contribution is 0.901. The van der Waals surface area contributed by atoms with E-state index in [0.717, 1.165) is 29.0 Å². The van der Waals surface area contributed by atoms with Crippen molar-refractivity contribution in [2.45, 2.75) is 6.42 Å². The molecule has 0 atom stereocenters. The number of H-pyrrole nitrogens is 1. The molecule has 6 heteroatoms. The molecular weight excluding hydrogens is 282 g/mol. The van der Waals surface area contributed by atoms with E-state index in [9.17, 15) is 0 Å². The maximum absolute atomic E-state index is 8.74. The minimum absolute atomic E-state index is 0.637. The van der Waals surface area contributed by atoms with E-state index >= 15 is 0 Å². The van der Waals surface area contributed by atoms with E-state index in [4.69, 9.17) is 5.26 Å². The quantitative estimate of drug-likeness (QED) is 0.904. The Labute approximate surface area is 107 Å². The predicted molar refractivity (Wildman–Crippen MR) is 67.4 cm³/mol. The highest BCUT2D eigenvalue weighted by atomic mass is 79.9. The topological polar surface area (TPSA) is 77.4 Å². The van der Waals surface area contributed by atoms with Gasteiger partial charge in [0, 0.05) is 23.1 Å². The first-order chi connectivity index (χ1) is 8.29. The van der Waals surface area contributed by atoms with E-state index in [1.54, 1.807) is 12.1 Å². The van der Waals surface area contributed by atoms with Crippen LogP contribution in [0.5, 0.6) is 0 Å². The van der Waals surface area contributed by atoms with Gasteiger partial charge in [0.25, 0.3) is 0 Å². The van der Waals surface area contributed by atoms with Crippen molar-refractivity contribution in [3.63, 3.8) is 0 Å². The number of anilines is 1. The molecule has 0 saturated carbocycles. The Morgan fingerprint density at radius 3 is 3.00 bits per heavy atom. The number of rotatable bonds is 4. The minimum atomic E-state index is 0.637. The van der Waals surface area contributed by atoms with Crippen molar-refractivity contribution in [3.05, 3.63) is 40.4 Å². The molecule has 0 unspecified atom stereocenters. The fourth-order valence-corrected chi connectivity index (χ4v) is 1.91. The second-order valence-corrected chi connectivity index (χ2v) is 4.27. The fraction of sp³-hybridized carbons (Fsp3) is 0.182. The van der Waals surface area contributed by atoms with Gasteiger partial charge in [-0.05, 0) is 34.1 Å². The summed E-state index contributed by atoms with van der Waals surface area (Å²) in [5.74, 6) is 0.849. The van der Waals surface area contributed by atoms with Crippen LogP contribution >= 0.6 is 15.9 Å². The van der Waals surface area contributed by atoms with Gasteiger partial charge in [-0.2, -0.15) is 10.4 Å². The van der Waals surface area contributed by atoms with E-state index < -0.39 is 0 Å². The minimum Gasteiger partial charge on any atom is -0.384 e. The number of nitriles is 1. The molecule has 0 aliphatic heterocycles. The van der Waals surface area contributed by atoms with E-state index in [1.165, 1.54) is 6.33 Å². The third-order valence-electron chi connectivity index (χ3n) is 2.24. The summed E-state index contributed by atoms with van der Waals surface area (Å²) in [6.45, 7) is 0.750. The Balaban J connectivity index is 1.93. The van der Waals surface area contributed by atoms with Crippen LogP contribution in [0.15, 0.2) is 29.0 Å². The van der Waals surface area contributed by atoms with Crippen molar-refractivity contribution in [2.24, 2.45) is 0 Å². The van der Waals surface area contributed by atoms with Gasteiger partial charge in [-0.3, -0.25) is 5.10 Å². The van der Waals surface area contributed by atoms with E-state index in [2.05, 4.69) is 42.5 Å². The third kappa shape index (κ3) is 3.04. The Bertz CT molecular complexity index is 529. The molecule has 0 radical (unpaired) electrons. The Kier molecular flexibility index (Phi) is 3.73. The van der Waals surface area contributed by atoms with Crippen LogP contribution in [-0.2, 0) is 6.42 Å². The maximum Gasteiger partial charge on any atom is 0.137 e. The van der Waals surface area contributed by atoms with Crippen molar-refractivity contribution in [1.29, 1.82) is 5.26 Å². The summed E-state index contributed by atoms with van der Waals surface area (Å²) in [6.07, 6.45) is 2.26. The first kappa shape index (κ1) is 11.6. The van der Waals surface area contributed by atoms with Gasteiger partial charge in [0.15, 0.2) is 0 Å². The Hall–Kier alpha value is -1.87. The molecule has 0 bridgehead atoms. The number of aromatic amines is 1. The van der Waals surface area contributed by atoms with Crippen molar-refractivity contribution in [3.8, 4) is 6.07 Å². The highest BCUT2D eigenvalue weighted by Crippen LogP contribution is 2.23. The summed E-state index contributed by atoms with van der Waals surface area (Å²) >= 11 is 3.42. The third-order valence-corrected chi connectivity index (χ3v) is 2.90. The van der Waals surface area contributed by atoms with Gasteiger partial charge in [-0.15, -0.1) is 0 Å². The van der Waals surface area contributed by atoms with Crippen molar-refractivity contribution in [2.75, 3.05) is 11.9 Å². The number of aromatic nitrogens is 3. The molecular formula is C11H10BrN5. The standard InChI is InChI=1S/C11H10BrN5/c12-9-5-8(6-13)1-2-10(9)14-4-3-11-15-7-16-17-11/h1-2,5,7,14H,3-4H2,(H,15,16,17). The second kappa shape index (κ2) is 5.46. The van der Waals surface area contributed by atoms with E-state index in [-0.39, 0.29) is 0 Å². The molecule has 0 fully saturated rings. The number of benzene rings is 1. The highest BCUT2D eigenvalue weighted by molar-refractivity contribution is 9.10. The smallest absolute Gasteiger partial charge is 0.137 e. The summed E-state index contributed by atoms with van der Waals surface area (Å²) in [6, 6.07) is 7.54. The van der Waals surface area contributed by atoms with Crippen LogP contribution in [0.1, 0.15) is 11.4 Å². The lowest BCUT2D eigenvalue weighted by atomic mass is 10.2. The zero-order valence-electron chi connectivity index (χ0n) is 8.94. The zero-order valence-corrected chi connectivity index (χ0v) is 10.5. The molecule has 2 rings (SSSR count). The monoisotopic (exact) mass is 291 g/mol. The largest absolute Gasteiger partial charge is 0.384 e. The summed E-state index contributed by atoms with van der Waals surface area (Å²) < 4.78 is 0.883. The molecule has 2 N–H and O–H groups in total. The van der Waals surface area contributed by atoms with Crippen LogP contribution in [0.4, 0.5) is 5.69 Å². The molecule has 0 aliphatic carbocycles.